The van der Waals surface area contributed by atoms with Crippen molar-refractivity contribution >= 4 is 27.3 Å². The first kappa shape index (κ1) is 19.3. The third-order valence-corrected chi connectivity index (χ3v) is 6.19. The van der Waals surface area contributed by atoms with E-state index in [1.165, 1.54) is 28.3 Å². The van der Waals surface area contributed by atoms with E-state index in [1.54, 1.807) is 0 Å². The van der Waals surface area contributed by atoms with Gasteiger partial charge in [0.15, 0.2) is 0 Å². The van der Waals surface area contributed by atoms with E-state index in [4.69, 9.17) is 4.74 Å². The molecule has 0 spiro atoms. The first-order valence-corrected chi connectivity index (χ1v) is 10.7. The molecule has 4 rings (SSSR count). The summed E-state index contributed by atoms with van der Waals surface area (Å²) in [6, 6.07) is 1.26. The number of hydrogen-bond donors (Lipinski definition) is 1. The molecule has 4 heterocycles. The first-order valence-electron chi connectivity index (χ1n) is 9.84. The van der Waals surface area contributed by atoms with Crippen LogP contribution in [0, 0.1) is 5.92 Å². The average molecular weight is 407 g/mol. The Morgan fingerprint density at radius 1 is 1.36 bits per heavy atom. The van der Waals surface area contributed by atoms with E-state index < -0.39 is 5.56 Å². The summed E-state index contributed by atoms with van der Waals surface area (Å²) < 4.78 is 6.84. The Morgan fingerprint density at radius 3 is 2.96 bits per heavy atom. The molecule has 2 aromatic rings. The third-order valence-electron chi connectivity index (χ3n) is 5.22. The number of nitrogens with zero attached hydrogens (tertiary/aromatic N) is 5. The van der Waals surface area contributed by atoms with Crippen LogP contribution in [0.15, 0.2) is 10.9 Å². The van der Waals surface area contributed by atoms with Gasteiger partial charge in [0, 0.05) is 45.3 Å². The maximum atomic E-state index is 12.7. The summed E-state index contributed by atoms with van der Waals surface area (Å²) in [7, 11) is 0. The summed E-state index contributed by atoms with van der Waals surface area (Å²) in [5.74, 6) is 0.309. The van der Waals surface area contributed by atoms with Crippen LogP contribution in [-0.2, 0) is 4.74 Å². The van der Waals surface area contributed by atoms with Gasteiger partial charge in [-0.25, -0.2) is 0 Å². The highest BCUT2D eigenvalue weighted by Gasteiger charge is 2.22. The number of rotatable bonds is 5. The number of piperidine rings is 1. The van der Waals surface area contributed by atoms with Crippen LogP contribution in [0.1, 0.15) is 30.3 Å². The summed E-state index contributed by atoms with van der Waals surface area (Å²) in [6.07, 6.45) is 2.34. The second-order valence-electron chi connectivity index (χ2n) is 7.46. The van der Waals surface area contributed by atoms with Gasteiger partial charge in [-0.05, 0) is 18.8 Å². The quantitative estimate of drug-likeness (QED) is 0.771. The second kappa shape index (κ2) is 8.54. The number of fused-ring (bicyclic) bond motifs is 1. The lowest BCUT2D eigenvalue weighted by Crippen LogP contribution is -2.41. The highest BCUT2D eigenvalue weighted by Crippen LogP contribution is 2.27. The van der Waals surface area contributed by atoms with Gasteiger partial charge in [-0.2, -0.15) is 9.50 Å². The van der Waals surface area contributed by atoms with Crippen molar-refractivity contribution in [3.63, 3.8) is 0 Å². The van der Waals surface area contributed by atoms with E-state index >= 15 is 0 Å². The van der Waals surface area contributed by atoms with Gasteiger partial charge in [0.1, 0.15) is 5.69 Å². The van der Waals surface area contributed by atoms with Gasteiger partial charge < -0.3 is 15.0 Å². The Kier molecular flexibility index (Phi) is 5.88. The Morgan fingerprint density at radius 2 is 2.18 bits per heavy atom. The first-order chi connectivity index (χ1) is 13.6. The molecule has 1 atom stereocenters. The summed E-state index contributed by atoms with van der Waals surface area (Å²) in [5, 5.41) is 8.32. The molecule has 152 valence electrons. The fourth-order valence-corrected chi connectivity index (χ4v) is 4.64. The molecule has 2 aliphatic rings. The minimum absolute atomic E-state index is 0.240. The Balaban J connectivity index is 1.49. The van der Waals surface area contributed by atoms with Crippen molar-refractivity contribution in [3.05, 3.63) is 22.1 Å². The monoisotopic (exact) mass is 406 g/mol. The molecule has 1 N–H and O–H groups in total. The van der Waals surface area contributed by atoms with E-state index in [2.05, 4.69) is 32.1 Å². The molecule has 1 amide bonds. The van der Waals surface area contributed by atoms with Gasteiger partial charge in [0.25, 0.3) is 11.5 Å². The molecule has 2 aromatic heterocycles. The summed E-state index contributed by atoms with van der Waals surface area (Å²) in [6.45, 7) is 8.58. The lowest BCUT2D eigenvalue weighted by Gasteiger charge is -2.30. The van der Waals surface area contributed by atoms with Gasteiger partial charge in [0.05, 0.1) is 13.2 Å². The smallest absolute Gasteiger partial charge is 0.274 e. The molecular weight excluding hydrogens is 380 g/mol. The number of ether oxygens (including phenoxy) is 1. The number of carbonyl (C=O) groups excluding carboxylic acids is 1. The molecule has 9 nitrogen and oxygen atoms in total. The van der Waals surface area contributed by atoms with E-state index in [0.29, 0.717) is 17.4 Å². The van der Waals surface area contributed by atoms with E-state index in [1.807, 2.05) is 0 Å². The van der Waals surface area contributed by atoms with Gasteiger partial charge in [-0.15, -0.1) is 5.10 Å². The molecule has 1 unspecified atom stereocenters. The number of aromatic nitrogens is 3. The number of morpholine rings is 1. The molecule has 2 fully saturated rings. The largest absolute Gasteiger partial charge is 0.379 e. The van der Waals surface area contributed by atoms with Crippen LogP contribution < -0.4 is 15.8 Å². The van der Waals surface area contributed by atoms with E-state index in [-0.39, 0.29) is 11.6 Å². The average Bonchev–Trinajstić information content (AvgIpc) is 3.12. The predicted molar refractivity (Wildman–Crippen MR) is 107 cm³/mol. The molecule has 0 bridgehead atoms. The Bertz CT molecular complexity index is 891. The number of hydrogen-bond acceptors (Lipinski definition) is 8. The molecular formula is C18H26N6O3S. The molecule has 2 saturated heterocycles. The topological polar surface area (TPSA) is 92.1 Å². The van der Waals surface area contributed by atoms with Gasteiger partial charge in [0.2, 0.25) is 10.1 Å². The molecule has 0 saturated carbocycles. The van der Waals surface area contributed by atoms with Crippen molar-refractivity contribution in [2.24, 2.45) is 5.92 Å². The third kappa shape index (κ3) is 4.34. The lowest BCUT2D eigenvalue weighted by molar-refractivity contribution is 0.0383. The van der Waals surface area contributed by atoms with E-state index in [0.717, 1.165) is 57.5 Å². The minimum Gasteiger partial charge on any atom is -0.379 e. The zero-order valence-electron chi connectivity index (χ0n) is 16.1. The highest BCUT2D eigenvalue weighted by atomic mass is 32.1. The molecule has 0 aliphatic carbocycles. The van der Waals surface area contributed by atoms with Crippen LogP contribution in [0.4, 0.5) is 5.13 Å². The van der Waals surface area contributed by atoms with Crippen LogP contribution in [0.3, 0.4) is 0 Å². The minimum atomic E-state index is -0.416. The summed E-state index contributed by atoms with van der Waals surface area (Å²) in [4.78, 5) is 33.7. The van der Waals surface area contributed by atoms with Crippen molar-refractivity contribution < 1.29 is 9.53 Å². The van der Waals surface area contributed by atoms with E-state index in [9.17, 15) is 9.59 Å². The van der Waals surface area contributed by atoms with Crippen molar-refractivity contribution in [1.82, 2.24) is 24.8 Å². The maximum absolute atomic E-state index is 12.7. The van der Waals surface area contributed by atoms with Crippen molar-refractivity contribution in [2.45, 2.75) is 19.8 Å². The number of carbonyl (C=O) groups is 1. The highest BCUT2D eigenvalue weighted by molar-refractivity contribution is 7.20. The van der Waals surface area contributed by atoms with Gasteiger partial charge >= 0.3 is 0 Å². The normalized spacial score (nSPS) is 21.2. The SMILES string of the molecule is CC1CCCN(c2nn3c(C(=O)NCCN4CCOCC4)cc(=O)nc3s2)C1. The number of amides is 1. The van der Waals surface area contributed by atoms with Crippen LogP contribution in [0.5, 0.6) is 0 Å². The van der Waals surface area contributed by atoms with Gasteiger partial charge in [-0.1, -0.05) is 18.3 Å². The maximum Gasteiger partial charge on any atom is 0.274 e. The van der Waals surface area contributed by atoms with Crippen molar-refractivity contribution in [2.75, 3.05) is 57.4 Å². The summed E-state index contributed by atoms with van der Waals surface area (Å²) in [5.41, 5.74) is -0.176. The Hall–Kier alpha value is -2.04. The fraction of sp³-hybridized carbons (Fsp3) is 0.667. The summed E-state index contributed by atoms with van der Waals surface area (Å²) >= 11 is 1.36. The van der Waals surface area contributed by atoms with Crippen molar-refractivity contribution in [1.29, 1.82) is 0 Å². The number of nitrogens with one attached hydrogen (secondary N) is 1. The van der Waals surface area contributed by atoms with Gasteiger partial charge in [-0.3, -0.25) is 14.5 Å². The van der Waals surface area contributed by atoms with Crippen LogP contribution >= 0.6 is 11.3 Å². The lowest BCUT2D eigenvalue weighted by atomic mass is 10.0. The van der Waals surface area contributed by atoms with Crippen molar-refractivity contribution in [3.8, 4) is 0 Å². The fourth-order valence-electron chi connectivity index (χ4n) is 3.70. The van der Waals surface area contributed by atoms with Crippen LogP contribution in [-0.4, -0.2) is 77.9 Å². The predicted octanol–water partition coefficient (Wildman–Crippen LogP) is 0.449. The standard InChI is InChI=1S/C18H26N6O3S/c1-13-3-2-5-23(12-13)18-21-24-14(11-15(25)20-17(24)28-18)16(26)19-4-6-22-7-9-27-10-8-22/h11,13H,2-10,12H2,1H3,(H,19,26). The van der Waals surface area contributed by atoms with Crippen LogP contribution in [0.25, 0.3) is 4.96 Å². The molecule has 10 heteroatoms. The van der Waals surface area contributed by atoms with Crippen LogP contribution in [0.2, 0.25) is 0 Å². The number of anilines is 1. The zero-order chi connectivity index (χ0) is 19.5. The second-order valence-corrected chi connectivity index (χ2v) is 8.40. The molecule has 0 aromatic carbocycles. The Labute approximate surface area is 167 Å². The molecule has 28 heavy (non-hydrogen) atoms. The molecule has 0 radical (unpaired) electrons. The zero-order valence-corrected chi connectivity index (χ0v) is 16.9. The molecule has 2 aliphatic heterocycles.